The number of aryl methyl sites for hydroxylation is 1. The molecule has 4 nitrogen and oxygen atoms in total. The van der Waals surface area contributed by atoms with E-state index in [9.17, 15) is 4.79 Å². The Kier molecular flexibility index (Phi) is 2.75. The number of carbonyl (C=O) groups is 1. The van der Waals surface area contributed by atoms with Crippen LogP contribution >= 0.6 is 0 Å². The van der Waals surface area contributed by atoms with Crippen LogP contribution in [0.3, 0.4) is 0 Å². The van der Waals surface area contributed by atoms with E-state index < -0.39 is 0 Å². The Morgan fingerprint density at radius 1 is 1.60 bits per heavy atom. The summed E-state index contributed by atoms with van der Waals surface area (Å²) in [6.07, 6.45) is 5.09. The summed E-state index contributed by atoms with van der Waals surface area (Å²) in [5.41, 5.74) is 1.57. The van der Waals surface area contributed by atoms with Crippen LogP contribution in [-0.2, 0) is 0 Å². The second kappa shape index (κ2) is 4.04. The standard InChI is InChI=1S/C11H17N3O/c1-8-5-3-4-6-14(8)11(15)10-7-12-13-9(10)2/h7-8H,3-6H2,1-2H3,(H,12,13). The number of likely N-dealkylation sites (tertiary alicyclic amines) is 1. The summed E-state index contributed by atoms with van der Waals surface area (Å²) in [6, 6.07) is 0.362. The molecule has 1 saturated heterocycles. The van der Waals surface area contributed by atoms with E-state index in [2.05, 4.69) is 17.1 Å². The van der Waals surface area contributed by atoms with Crippen molar-refractivity contribution in [1.82, 2.24) is 15.1 Å². The van der Waals surface area contributed by atoms with Crippen molar-refractivity contribution in [2.45, 2.75) is 39.2 Å². The molecule has 1 aromatic rings. The van der Waals surface area contributed by atoms with Crippen LogP contribution in [0.5, 0.6) is 0 Å². The number of carbonyl (C=O) groups excluding carboxylic acids is 1. The lowest BCUT2D eigenvalue weighted by atomic mass is 10.0. The van der Waals surface area contributed by atoms with Crippen molar-refractivity contribution < 1.29 is 4.79 Å². The van der Waals surface area contributed by atoms with E-state index in [0.717, 1.165) is 25.1 Å². The molecule has 0 bridgehead atoms. The Morgan fingerprint density at radius 3 is 3.00 bits per heavy atom. The fraction of sp³-hybridized carbons (Fsp3) is 0.636. The molecule has 0 radical (unpaired) electrons. The molecule has 0 aromatic carbocycles. The van der Waals surface area contributed by atoms with E-state index in [1.807, 2.05) is 11.8 Å². The van der Waals surface area contributed by atoms with Crippen LogP contribution in [0.4, 0.5) is 0 Å². The van der Waals surface area contributed by atoms with Crippen molar-refractivity contribution in [2.75, 3.05) is 6.54 Å². The highest BCUT2D eigenvalue weighted by Gasteiger charge is 2.25. The van der Waals surface area contributed by atoms with Crippen LogP contribution in [0.2, 0.25) is 0 Å². The van der Waals surface area contributed by atoms with E-state index in [-0.39, 0.29) is 5.91 Å². The van der Waals surface area contributed by atoms with Gasteiger partial charge in [0.1, 0.15) is 0 Å². The third-order valence-corrected chi connectivity index (χ3v) is 3.12. The first-order chi connectivity index (χ1) is 7.20. The molecular formula is C11H17N3O. The van der Waals surface area contributed by atoms with Gasteiger partial charge in [-0.3, -0.25) is 9.89 Å². The Morgan fingerprint density at radius 2 is 2.40 bits per heavy atom. The van der Waals surface area contributed by atoms with Crippen molar-refractivity contribution >= 4 is 5.91 Å². The molecular weight excluding hydrogens is 190 g/mol. The summed E-state index contributed by atoms with van der Waals surface area (Å²) in [5.74, 6) is 0.119. The Hall–Kier alpha value is -1.32. The quantitative estimate of drug-likeness (QED) is 0.762. The molecule has 1 aliphatic rings. The number of nitrogens with one attached hydrogen (secondary N) is 1. The van der Waals surface area contributed by atoms with Crippen molar-refractivity contribution in [3.05, 3.63) is 17.5 Å². The van der Waals surface area contributed by atoms with Crippen LogP contribution in [0.25, 0.3) is 0 Å². The van der Waals surface area contributed by atoms with Gasteiger partial charge in [-0.25, -0.2) is 0 Å². The summed E-state index contributed by atoms with van der Waals surface area (Å²) >= 11 is 0. The fourth-order valence-corrected chi connectivity index (χ4v) is 2.12. The monoisotopic (exact) mass is 207 g/mol. The first-order valence-electron chi connectivity index (χ1n) is 5.51. The number of aromatic nitrogens is 2. The van der Waals surface area contributed by atoms with Crippen molar-refractivity contribution in [2.24, 2.45) is 0 Å². The van der Waals surface area contributed by atoms with E-state index >= 15 is 0 Å². The number of hydrogen-bond acceptors (Lipinski definition) is 2. The number of piperidine rings is 1. The van der Waals surface area contributed by atoms with Crippen LogP contribution in [-0.4, -0.2) is 33.6 Å². The topological polar surface area (TPSA) is 49.0 Å². The number of rotatable bonds is 1. The van der Waals surface area contributed by atoms with Crippen LogP contribution in [0, 0.1) is 6.92 Å². The highest BCUT2D eigenvalue weighted by atomic mass is 16.2. The van der Waals surface area contributed by atoms with Gasteiger partial charge in [-0.1, -0.05) is 0 Å². The molecule has 15 heavy (non-hydrogen) atoms. The highest BCUT2D eigenvalue weighted by molar-refractivity contribution is 5.95. The van der Waals surface area contributed by atoms with Gasteiger partial charge in [-0.2, -0.15) is 5.10 Å². The van der Waals surface area contributed by atoms with E-state index in [1.54, 1.807) is 6.20 Å². The Balaban J connectivity index is 2.17. The van der Waals surface area contributed by atoms with Gasteiger partial charge in [0.2, 0.25) is 0 Å². The molecule has 4 heteroatoms. The maximum absolute atomic E-state index is 12.2. The predicted octanol–water partition coefficient (Wildman–Crippen LogP) is 1.73. The summed E-state index contributed by atoms with van der Waals surface area (Å²) in [5, 5.41) is 6.70. The Bertz CT molecular complexity index is 358. The SMILES string of the molecule is Cc1[nH]ncc1C(=O)N1CCCCC1C. The maximum Gasteiger partial charge on any atom is 0.257 e. The zero-order valence-corrected chi connectivity index (χ0v) is 9.29. The number of nitrogens with zero attached hydrogens (tertiary/aromatic N) is 2. The molecule has 2 heterocycles. The van der Waals surface area contributed by atoms with Gasteiger partial charge in [0, 0.05) is 18.3 Å². The minimum absolute atomic E-state index is 0.119. The summed E-state index contributed by atoms with van der Waals surface area (Å²) in [7, 11) is 0. The molecule has 1 atom stereocenters. The molecule has 2 rings (SSSR count). The minimum atomic E-state index is 0.119. The average Bonchev–Trinajstić information content (AvgIpc) is 2.64. The van der Waals surface area contributed by atoms with Crippen molar-refractivity contribution in [3.63, 3.8) is 0 Å². The third-order valence-electron chi connectivity index (χ3n) is 3.12. The molecule has 1 unspecified atom stereocenters. The first kappa shape index (κ1) is 10.2. The summed E-state index contributed by atoms with van der Waals surface area (Å²) in [4.78, 5) is 14.1. The van der Waals surface area contributed by atoms with Gasteiger partial charge >= 0.3 is 0 Å². The zero-order valence-electron chi connectivity index (χ0n) is 9.29. The minimum Gasteiger partial charge on any atom is -0.336 e. The average molecular weight is 207 g/mol. The van der Waals surface area contributed by atoms with Gasteiger partial charge in [0.05, 0.1) is 11.8 Å². The lowest BCUT2D eigenvalue weighted by Crippen LogP contribution is -2.42. The zero-order chi connectivity index (χ0) is 10.8. The maximum atomic E-state index is 12.2. The van der Waals surface area contributed by atoms with E-state index in [1.165, 1.54) is 6.42 Å². The summed E-state index contributed by atoms with van der Waals surface area (Å²) in [6.45, 7) is 4.88. The number of hydrogen-bond donors (Lipinski definition) is 1. The molecule has 1 fully saturated rings. The normalized spacial score (nSPS) is 21.7. The van der Waals surface area contributed by atoms with Crippen LogP contribution < -0.4 is 0 Å². The number of amides is 1. The molecule has 82 valence electrons. The fourth-order valence-electron chi connectivity index (χ4n) is 2.12. The molecule has 1 amide bonds. The second-order valence-corrected chi connectivity index (χ2v) is 4.25. The van der Waals surface area contributed by atoms with Crippen molar-refractivity contribution in [3.8, 4) is 0 Å². The molecule has 0 aliphatic carbocycles. The lowest BCUT2D eigenvalue weighted by Gasteiger charge is -2.33. The number of aromatic amines is 1. The van der Waals surface area contributed by atoms with Gasteiger partial charge in [-0.15, -0.1) is 0 Å². The smallest absolute Gasteiger partial charge is 0.257 e. The lowest BCUT2D eigenvalue weighted by molar-refractivity contribution is 0.0635. The molecule has 0 spiro atoms. The Labute approximate surface area is 89.7 Å². The van der Waals surface area contributed by atoms with Crippen molar-refractivity contribution in [1.29, 1.82) is 0 Å². The molecule has 0 saturated carbocycles. The molecule has 1 N–H and O–H groups in total. The van der Waals surface area contributed by atoms with E-state index in [0.29, 0.717) is 11.6 Å². The van der Waals surface area contributed by atoms with Gasteiger partial charge in [0.15, 0.2) is 0 Å². The first-order valence-corrected chi connectivity index (χ1v) is 5.51. The summed E-state index contributed by atoms with van der Waals surface area (Å²) < 4.78 is 0. The van der Waals surface area contributed by atoms with Crippen LogP contribution in [0.1, 0.15) is 42.2 Å². The van der Waals surface area contributed by atoms with E-state index in [4.69, 9.17) is 0 Å². The second-order valence-electron chi connectivity index (χ2n) is 4.25. The van der Waals surface area contributed by atoms with Gasteiger partial charge in [-0.05, 0) is 33.1 Å². The largest absolute Gasteiger partial charge is 0.336 e. The van der Waals surface area contributed by atoms with Crippen LogP contribution in [0.15, 0.2) is 6.20 Å². The molecule has 1 aromatic heterocycles. The highest BCUT2D eigenvalue weighted by Crippen LogP contribution is 2.19. The van der Waals surface area contributed by atoms with Gasteiger partial charge < -0.3 is 4.90 Å². The number of H-pyrrole nitrogens is 1. The molecule has 1 aliphatic heterocycles. The predicted molar refractivity (Wildman–Crippen MR) is 57.7 cm³/mol. The van der Waals surface area contributed by atoms with Gasteiger partial charge in [0.25, 0.3) is 5.91 Å². The third kappa shape index (κ3) is 1.89.